The second-order valence-corrected chi connectivity index (χ2v) is 7.69. The van der Waals surface area contributed by atoms with E-state index < -0.39 is 0 Å². The maximum atomic E-state index is 3.67. The van der Waals surface area contributed by atoms with Gasteiger partial charge in [-0.05, 0) is 43.1 Å². The smallest absolute Gasteiger partial charge is 0.00694 e. The first-order valence-corrected chi connectivity index (χ1v) is 7.98. The van der Waals surface area contributed by atoms with Gasteiger partial charge in [0.05, 0.1) is 0 Å². The largest absolute Gasteiger partial charge is 0.314 e. The van der Waals surface area contributed by atoms with E-state index in [-0.39, 0.29) is 0 Å². The minimum atomic E-state index is 0.466. The van der Waals surface area contributed by atoms with Gasteiger partial charge in [-0.25, -0.2) is 0 Å². The molecule has 0 rings (SSSR count). The molecular weight excluding hydrogens is 218 g/mol. The van der Waals surface area contributed by atoms with Crippen molar-refractivity contribution in [1.29, 1.82) is 0 Å². The third-order valence-electron chi connectivity index (χ3n) is 3.47. The van der Waals surface area contributed by atoms with Crippen LogP contribution in [0.4, 0.5) is 0 Å². The Morgan fingerprint density at radius 3 is 2.06 bits per heavy atom. The summed E-state index contributed by atoms with van der Waals surface area (Å²) in [7, 11) is 0. The Morgan fingerprint density at radius 1 is 1.00 bits per heavy atom. The van der Waals surface area contributed by atoms with Gasteiger partial charge in [-0.2, -0.15) is 0 Å². The van der Waals surface area contributed by atoms with E-state index in [0.29, 0.717) is 5.41 Å². The van der Waals surface area contributed by atoms with Gasteiger partial charge in [0.15, 0.2) is 0 Å². The minimum absolute atomic E-state index is 0.466. The van der Waals surface area contributed by atoms with Gasteiger partial charge in [-0.15, -0.1) is 0 Å². The fourth-order valence-corrected chi connectivity index (χ4v) is 2.98. The Balaban J connectivity index is 4.01. The Bertz CT molecular complexity index is 190. The summed E-state index contributed by atoms with van der Waals surface area (Å²) in [5, 5.41) is 3.67. The summed E-state index contributed by atoms with van der Waals surface area (Å²) >= 11 is 0. The van der Waals surface area contributed by atoms with Crippen molar-refractivity contribution in [1.82, 2.24) is 5.32 Å². The van der Waals surface area contributed by atoms with Crippen molar-refractivity contribution in [3.8, 4) is 0 Å². The van der Waals surface area contributed by atoms with Gasteiger partial charge >= 0.3 is 0 Å². The first-order chi connectivity index (χ1) is 8.24. The van der Waals surface area contributed by atoms with Crippen LogP contribution in [-0.2, 0) is 0 Å². The van der Waals surface area contributed by atoms with Crippen LogP contribution in [0.25, 0.3) is 0 Å². The van der Waals surface area contributed by atoms with E-state index in [4.69, 9.17) is 0 Å². The van der Waals surface area contributed by atoms with Crippen molar-refractivity contribution in [2.75, 3.05) is 6.54 Å². The molecule has 0 aromatic rings. The average Bonchev–Trinajstić information content (AvgIpc) is 2.13. The lowest BCUT2D eigenvalue weighted by Crippen LogP contribution is -2.31. The third kappa shape index (κ3) is 11.1. The molecule has 0 aromatic carbocycles. The molecule has 0 aliphatic heterocycles. The molecule has 0 radical (unpaired) electrons. The molecule has 18 heavy (non-hydrogen) atoms. The third-order valence-corrected chi connectivity index (χ3v) is 3.47. The summed E-state index contributed by atoms with van der Waals surface area (Å²) in [6, 6.07) is 0.728. The Labute approximate surface area is 116 Å². The zero-order chi connectivity index (χ0) is 14.2. The predicted octanol–water partition coefficient (Wildman–Crippen LogP) is 5.25. The van der Waals surface area contributed by atoms with Crippen LogP contribution in [0.5, 0.6) is 0 Å². The normalized spacial score (nSPS) is 16.0. The molecule has 0 aliphatic carbocycles. The van der Waals surface area contributed by atoms with Gasteiger partial charge in [0, 0.05) is 6.04 Å². The van der Waals surface area contributed by atoms with E-state index in [1.54, 1.807) is 0 Å². The Kier molecular flexibility index (Phi) is 8.94. The molecule has 110 valence electrons. The van der Waals surface area contributed by atoms with Crippen LogP contribution in [0, 0.1) is 17.3 Å². The minimum Gasteiger partial charge on any atom is -0.314 e. The van der Waals surface area contributed by atoms with Crippen LogP contribution in [0.2, 0.25) is 0 Å². The van der Waals surface area contributed by atoms with Gasteiger partial charge in [-0.3, -0.25) is 0 Å². The molecule has 0 heterocycles. The molecule has 0 amide bonds. The Morgan fingerprint density at radius 2 is 1.61 bits per heavy atom. The molecule has 0 spiro atoms. The molecule has 0 saturated carbocycles. The van der Waals surface area contributed by atoms with Gasteiger partial charge in [0.1, 0.15) is 0 Å². The van der Waals surface area contributed by atoms with Crippen molar-refractivity contribution in [2.45, 2.75) is 86.6 Å². The van der Waals surface area contributed by atoms with Crippen molar-refractivity contribution in [3.05, 3.63) is 0 Å². The highest BCUT2D eigenvalue weighted by Gasteiger charge is 2.18. The molecule has 0 aromatic heterocycles. The van der Waals surface area contributed by atoms with Crippen LogP contribution < -0.4 is 5.32 Å². The van der Waals surface area contributed by atoms with E-state index in [1.807, 2.05) is 0 Å². The summed E-state index contributed by atoms with van der Waals surface area (Å²) in [6.07, 6.45) is 6.76. The van der Waals surface area contributed by atoms with E-state index in [1.165, 1.54) is 32.1 Å². The summed E-state index contributed by atoms with van der Waals surface area (Å²) in [5.74, 6) is 1.67. The molecule has 1 nitrogen and oxygen atoms in total. The molecule has 1 heteroatoms. The van der Waals surface area contributed by atoms with Crippen LogP contribution in [0.1, 0.15) is 80.6 Å². The van der Waals surface area contributed by atoms with Crippen LogP contribution in [-0.4, -0.2) is 12.6 Å². The molecule has 2 atom stereocenters. The Hall–Kier alpha value is -0.0400. The topological polar surface area (TPSA) is 12.0 Å². The number of hydrogen-bond donors (Lipinski definition) is 1. The quantitative estimate of drug-likeness (QED) is 0.593. The van der Waals surface area contributed by atoms with E-state index in [2.05, 4.69) is 53.8 Å². The van der Waals surface area contributed by atoms with Crippen molar-refractivity contribution < 1.29 is 0 Å². The summed E-state index contributed by atoms with van der Waals surface area (Å²) < 4.78 is 0. The second-order valence-electron chi connectivity index (χ2n) is 7.69. The van der Waals surface area contributed by atoms with E-state index in [9.17, 15) is 0 Å². The summed E-state index contributed by atoms with van der Waals surface area (Å²) in [6.45, 7) is 17.4. The fraction of sp³-hybridized carbons (Fsp3) is 1.00. The van der Waals surface area contributed by atoms with Crippen molar-refractivity contribution in [2.24, 2.45) is 17.3 Å². The first-order valence-electron chi connectivity index (χ1n) is 7.98. The van der Waals surface area contributed by atoms with Gasteiger partial charge in [-0.1, -0.05) is 61.3 Å². The molecule has 1 N–H and O–H groups in total. The molecule has 0 saturated heterocycles. The second kappa shape index (κ2) is 8.96. The van der Waals surface area contributed by atoms with Gasteiger partial charge < -0.3 is 5.32 Å². The van der Waals surface area contributed by atoms with Crippen LogP contribution in [0.3, 0.4) is 0 Å². The van der Waals surface area contributed by atoms with Gasteiger partial charge in [0.25, 0.3) is 0 Å². The highest BCUT2D eigenvalue weighted by molar-refractivity contribution is 4.74. The SMILES string of the molecule is CCNC(CCCC(C)C)CC(C)CC(C)(C)C. The first kappa shape index (κ1) is 18.0. The van der Waals surface area contributed by atoms with Crippen LogP contribution in [0.15, 0.2) is 0 Å². The molecular formula is C17H37N. The molecule has 2 unspecified atom stereocenters. The van der Waals surface area contributed by atoms with Crippen molar-refractivity contribution >= 4 is 0 Å². The lowest BCUT2D eigenvalue weighted by atomic mass is 9.82. The van der Waals surface area contributed by atoms with Crippen molar-refractivity contribution in [3.63, 3.8) is 0 Å². The summed E-state index contributed by atoms with van der Waals surface area (Å²) in [5.41, 5.74) is 0.466. The van der Waals surface area contributed by atoms with Crippen LogP contribution >= 0.6 is 0 Å². The number of hydrogen-bond acceptors (Lipinski definition) is 1. The molecule has 0 fully saturated rings. The molecule has 0 bridgehead atoms. The lowest BCUT2D eigenvalue weighted by Gasteiger charge is -2.27. The fourth-order valence-electron chi connectivity index (χ4n) is 2.98. The average molecular weight is 255 g/mol. The lowest BCUT2D eigenvalue weighted by molar-refractivity contribution is 0.269. The zero-order valence-electron chi connectivity index (χ0n) is 14.0. The zero-order valence-corrected chi connectivity index (χ0v) is 14.0. The summed E-state index contributed by atoms with van der Waals surface area (Å²) in [4.78, 5) is 0. The predicted molar refractivity (Wildman–Crippen MR) is 84.0 cm³/mol. The van der Waals surface area contributed by atoms with Gasteiger partial charge in [0.2, 0.25) is 0 Å². The highest BCUT2D eigenvalue weighted by atomic mass is 14.9. The number of nitrogens with one attached hydrogen (secondary N) is 1. The maximum absolute atomic E-state index is 3.67. The van der Waals surface area contributed by atoms with E-state index in [0.717, 1.165) is 24.4 Å². The number of rotatable bonds is 9. The van der Waals surface area contributed by atoms with E-state index >= 15 is 0 Å². The standard InChI is InChI=1S/C17H37N/c1-8-18-16(11-9-10-14(2)3)12-15(4)13-17(5,6)7/h14-16,18H,8-13H2,1-7H3. The molecule has 0 aliphatic rings. The monoisotopic (exact) mass is 255 g/mol. The maximum Gasteiger partial charge on any atom is 0.00694 e. The highest BCUT2D eigenvalue weighted by Crippen LogP contribution is 2.27.